The van der Waals surface area contributed by atoms with E-state index in [4.69, 9.17) is 15.9 Å². The van der Waals surface area contributed by atoms with Crippen LogP contribution in [0.2, 0.25) is 0 Å². The molecule has 1 aromatic carbocycles. The number of nitrogens with zero attached hydrogens (tertiary/aromatic N) is 1. The van der Waals surface area contributed by atoms with Gasteiger partial charge in [-0.25, -0.2) is 9.37 Å². The van der Waals surface area contributed by atoms with Gasteiger partial charge in [0.2, 0.25) is 0 Å². The number of nitrogens with two attached hydrogens (primary N) is 1. The van der Waals surface area contributed by atoms with Crippen LogP contribution in [0.15, 0.2) is 24.3 Å². The van der Waals surface area contributed by atoms with E-state index in [0.717, 1.165) is 17.1 Å². The summed E-state index contributed by atoms with van der Waals surface area (Å²) in [7, 11) is 0. The van der Waals surface area contributed by atoms with Crippen LogP contribution in [0.25, 0.3) is 0 Å². The summed E-state index contributed by atoms with van der Waals surface area (Å²) in [5, 5.41) is 8.35. The fourth-order valence-electron chi connectivity index (χ4n) is 1.77. The molecular formula is C14H16FN3OS. The first-order valence-corrected chi connectivity index (χ1v) is 7.13. The molecule has 4 nitrogen and oxygen atoms in total. The Kier molecular flexibility index (Phi) is 4.68. The molecule has 6 heteroatoms. The van der Waals surface area contributed by atoms with Gasteiger partial charge in [0, 0.05) is 6.42 Å². The minimum absolute atomic E-state index is 0.0422. The molecule has 0 radical (unpaired) electrons. The normalized spacial score (nSPS) is 10.5. The minimum atomic E-state index is -0.370. The van der Waals surface area contributed by atoms with Crippen molar-refractivity contribution in [2.24, 2.45) is 5.73 Å². The van der Waals surface area contributed by atoms with Gasteiger partial charge in [0.25, 0.3) is 0 Å². The summed E-state index contributed by atoms with van der Waals surface area (Å²) in [6.45, 7) is 2.32. The van der Waals surface area contributed by atoms with Crippen LogP contribution in [0.5, 0.6) is 5.75 Å². The van der Waals surface area contributed by atoms with Gasteiger partial charge in [-0.3, -0.25) is 5.41 Å². The Morgan fingerprint density at radius 1 is 1.45 bits per heavy atom. The van der Waals surface area contributed by atoms with Crippen molar-refractivity contribution in [1.29, 1.82) is 5.41 Å². The number of amidine groups is 1. The zero-order chi connectivity index (χ0) is 14.5. The number of aryl methyl sites for hydroxylation is 1. The van der Waals surface area contributed by atoms with E-state index in [2.05, 4.69) is 4.98 Å². The summed E-state index contributed by atoms with van der Waals surface area (Å²) < 4.78 is 18.8. The zero-order valence-corrected chi connectivity index (χ0v) is 12.0. The molecule has 2 rings (SSSR count). The third-order valence-corrected chi connectivity index (χ3v) is 3.92. The number of halogens is 1. The van der Waals surface area contributed by atoms with Crippen LogP contribution in [0.3, 0.4) is 0 Å². The number of nitrogen functional groups attached to an aromatic ring is 1. The summed E-state index contributed by atoms with van der Waals surface area (Å²) >= 11 is 1.40. The molecule has 0 aliphatic carbocycles. The summed E-state index contributed by atoms with van der Waals surface area (Å²) in [6.07, 6.45) is 1.30. The van der Waals surface area contributed by atoms with Gasteiger partial charge in [-0.05, 0) is 18.6 Å². The number of hydrogen-bond donors (Lipinski definition) is 2. The van der Waals surface area contributed by atoms with Gasteiger partial charge >= 0.3 is 0 Å². The summed E-state index contributed by atoms with van der Waals surface area (Å²) in [4.78, 5) is 5.14. The third-order valence-electron chi connectivity index (χ3n) is 2.73. The second-order valence-corrected chi connectivity index (χ2v) is 5.26. The van der Waals surface area contributed by atoms with Crippen molar-refractivity contribution in [2.75, 3.05) is 6.61 Å². The number of benzene rings is 1. The molecule has 0 unspecified atom stereocenters. The van der Waals surface area contributed by atoms with E-state index >= 15 is 0 Å². The smallest absolute Gasteiger partial charge is 0.165 e. The molecule has 0 saturated heterocycles. The maximum Gasteiger partial charge on any atom is 0.165 e. The van der Waals surface area contributed by atoms with E-state index in [1.54, 1.807) is 18.2 Å². The van der Waals surface area contributed by atoms with Gasteiger partial charge in [-0.1, -0.05) is 19.1 Å². The molecule has 0 saturated carbocycles. The Balaban J connectivity index is 1.98. The Morgan fingerprint density at radius 2 is 2.20 bits per heavy atom. The Morgan fingerprint density at radius 3 is 2.80 bits per heavy atom. The van der Waals surface area contributed by atoms with Gasteiger partial charge in [0.15, 0.2) is 11.6 Å². The first kappa shape index (κ1) is 14.5. The second kappa shape index (κ2) is 6.47. The molecule has 0 aliphatic rings. The van der Waals surface area contributed by atoms with Crippen molar-refractivity contribution in [3.63, 3.8) is 0 Å². The first-order valence-electron chi connectivity index (χ1n) is 6.32. The van der Waals surface area contributed by atoms with Crippen LogP contribution in [0.4, 0.5) is 4.39 Å². The number of thiazole rings is 1. The van der Waals surface area contributed by atoms with Crippen molar-refractivity contribution < 1.29 is 9.13 Å². The molecule has 0 atom stereocenters. The van der Waals surface area contributed by atoms with Crippen molar-refractivity contribution in [2.45, 2.75) is 19.8 Å². The van der Waals surface area contributed by atoms with E-state index in [1.807, 2.05) is 6.92 Å². The minimum Gasteiger partial charge on any atom is -0.490 e. The molecule has 0 aliphatic heterocycles. The molecule has 1 aromatic heterocycles. The van der Waals surface area contributed by atoms with E-state index in [-0.39, 0.29) is 17.4 Å². The maximum absolute atomic E-state index is 13.4. The molecule has 20 heavy (non-hydrogen) atoms. The molecule has 0 amide bonds. The highest BCUT2D eigenvalue weighted by Crippen LogP contribution is 2.20. The monoisotopic (exact) mass is 293 g/mol. The second-order valence-electron chi connectivity index (χ2n) is 4.18. The lowest BCUT2D eigenvalue weighted by molar-refractivity contribution is 0.305. The topological polar surface area (TPSA) is 72.0 Å². The summed E-state index contributed by atoms with van der Waals surface area (Å²) in [6, 6.07) is 6.30. The van der Waals surface area contributed by atoms with Crippen LogP contribution >= 0.6 is 11.3 Å². The fraction of sp³-hybridized carbons (Fsp3) is 0.286. The number of ether oxygens (including phenoxy) is 1. The molecule has 0 fully saturated rings. The summed E-state index contributed by atoms with van der Waals surface area (Å²) in [5.74, 6) is -0.0857. The molecule has 1 heterocycles. The number of aromatic nitrogens is 1. The van der Waals surface area contributed by atoms with E-state index in [1.165, 1.54) is 17.4 Å². The molecule has 0 bridgehead atoms. The van der Waals surface area contributed by atoms with E-state index in [0.29, 0.717) is 17.9 Å². The lowest BCUT2D eigenvalue weighted by atomic mass is 10.3. The van der Waals surface area contributed by atoms with Crippen molar-refractivity contribution in [3.05, 3.63) is 45.7 Å². The van der Waals surface area contributed by atoms with Gasteiger partial charge in [0.05, 0.1) is 22.2 Å². The van der Waals surface area contributed by atoms with Gasteiger partial charge < -0.3 is 10.5 Å². The van der Waals surface area contributed by atoms with Crippen LogP contribution in [-0.4, -0.2) is 17.4 Å². The largest absolute Gasteiger partial charge is 0.490 e. The van der Waals surface area contributed by atoms with Crippen molar-refractivity contribution in [1.82, 2.24) is 4.98 Å². The Hall–Kier alpha value is -1.95. The first-order chi connectivity index (χ1) is 9.61. The van der Waals surface area contributed by atoms with Gasteiger partial charge in [0.1, 0.15) is 5.84 Å². The fourth-order valence-corrected chi connectivity index (χ4v) is 2.76. The lowest BCUT2D eigenvalue weighted by Crippen LogP contribution is -2.11. The van der Waals surface area contributed by atoms with E-state index < -0.39 is 0 Å². The highest BCUT2D eigenvalue weighted by molar-refractivity contribution is 7.13. The molecule has 2 aromatic rings. The highest BCUT2D eigenvalue weighted by atomic mass is 32.1. The number of para-hydroxylation sites is 1. The standard InChI is InChI=1S/C14H16FN3OS/c1-2-10-13(14(16)17)20-12(18-10)7-8-19-11-6-4-3-5-9(11)15/h3-6H,2,7-8H2,1H3,(H3,16,17). The summed E-state index contributed by atoms with van der Waals surface area (Å²) in [5.41, 5.74) is 6.35. The number of hydrogen-bond acceptors (Lipinski definition) is 4. The van der Waals surface area contributed by atoms with Crippen molar-refractivity contribution in [3.8, 4) is 5.75 Å². The third kappa shape index (κ3) is 3.33. The molecular weight excluding hydrogens is 277 g/mol. The molecule has 0 spiro atoms. The average molecular weight is 293 g/mol. The SMILES string of the molecule is CCc1nc(CCOc2ccccc2F)sc1C(=N)N. The molecule has 106 valence electrons. The quantitative estimate of drug-likeness (QED) is 0.635. The van der Waals surface area contributed by atoms with Crippen molar-refractivity contribution >= 4 is 17.2 Å². The van der Waals surface area contributed by atoms with Gasteiger partial charge in [-0.15, -0.1) is 11.3 Å². The predicted octanol–water partition coefficient (Wildman–Crippen LogP) is 2.75. The van der Waals surface area contributed by atoms with Gasteiger partial charge in [-0.2, -0.15) is 0 Å². The van der Waals surface area contributed by atoms with Crippen LogP contribution in [0.1, 0.15) is 22.5 Å². The van der Waals surface area contributed by atoms with E-state index in [9.17, 15) is 4.39 Å². The van der Waals surface area contributed by atoms with Crippen LogP contribution in [0, 0.1) is 11.2 Å². The lowest BCUT2D eigenvalue weighted by Gasteiger charge is -2.05. The highest BCUT2D eigenvalue weighted by Gasteiger charge is 2.12. The Labute approximate surface area is 120 Å². The number of nitrogens with one attached hydrogen (secondary N) is 1. The average Bonchev–Trinajstić information content (AvgIpc) is 2.84. The molecule has 3 N–H and O–H groups in total. The predicted molar refractivity (Wildman–Crippen MR) is 78.1 cm³/mol. The van der Waals surface area contributed by atoms with Crippen LogP contribution in [-0.2, 0) is 12.8 Å². The maximum atomic E-state index is 13.4. The number of rotatable bonds is 6. The zero-order valence-electron chi connectivity index (χ0n) is 11.1. The van der Waals surface area contributed by atoms with Crippen LogP contribution < -0.4 is 10.5 Å². The Bertz CT molecular complexity index is 612.